The van der Waals surface area contributed by atoms with Crippen molar-refractivity contribution in [2.75, 3.05) is 20.2 Å². The second-order valence-corrected chi connectivity index (χ2v) is 4.99. The smallest absolute Gasteiger partial charge is 0.168 e. The van der Waals surface area contributed by atoms with Gasteiger partial charge in [-0.05, 0) is 49.9 Å². The first-order valence-corrected chi connectivity index (χ1v) is 6.67. The van der Waals surface area contributed by atoms with Crippen LogP contribution in [0.2, 0.25) is 0 Å². The molecule has 0 fully saturated rings. The number of nitrogens with one attached hydrogen (secondary N) is 1. The van der Waals surface area contributed by atoms with Crippen LogP contribution in [0.1, 0.15) is 32.3 Å². The van der Waals surface area contributed by atoms with Crippen LogP contribution in [0.5, 0.6) is 5.75 Å². The molecule has 0 saturated carbocycles. The molecule has 0 aliphatic carbocycles. The lowest BCUT2D eigenvalue weighted by atomic mass is 10.1. The Kier molecular flexibility index (Phi) is 6.73. The molecule has 1 rings (SSSR count). The first-order valence-electron chi connectivity index (χ1n) is 6.67. The van der Waals surface area contributed by atoms with Crippen LogP contribution in [-0.2, 0) is 6.42 Å². The van der Waals surface area contributed by atoms with Gasteiger partial charge in [-0.3, -0.25) is 0 Å². The summed E-state index contributed by atoms with van der Waals surface area (Å²) in [5.74, 6) is 0.807. The van der Waals surface area contributed by atoms with Crippen molar-refractivity contribution in [3.05, 3.63) is 29.6 Å². The van der Waals surface area contributed by atoms with Crippen molar-refractivity contribution >= 4 is 0 Å². The van der Waals surface area contributed by atoms with E-state index in [-0.39, 0.29) is 5.82 Å². The number of rotatable bonds is 8. The van der Waals surface area contributed by atoms with Gasteiger partial charge in [0.25, 0.3) is 0 Å². The Balaban J connectivity index is 2.27. The Morgan fingerprint density at radius 2 is 2.06 bits per heavy atom. The van der Waals surface area contributed by atoms with E-state index in [0.29, 0.717) is 11.7 Å². The van der Waals surface area contributed by atoms with Crippen molar-refractivity contribution in [1.29, 1.82) is 0 Å². The number of benzene rings is 1. The molecule has 0 atom stereocenters. The first-order chi connectivity index (χ1) is 8.65. The third-order valence-electron chi connectivity index (χ3n) is 2.87. The molecule has 0 bridgehead atoms. The van der Waals surface area contributed by atoms with Crippen molar-refractivity contribution in [3.8, 4) is 5.75 Å². The topological polar surface area (TPSA) is 21.3 Å². The first kappa shape index (κ1) is 15.0. The molecule has 1 aromatic carbocycles. The summed E-state index contributed by atoms with van der Waals surface area (Å²) >= 11 is 0. The zero-order chi connectivity index (χ0) is 13.4. The third kappa shape index (κ3) is 5.05. The lowest BCUT2D eigenvalue weighted by molar-refractivity contribution is 0.384. The summed E-state index contributed by atoms with van der Waals surface area (Å²) in [5.41, 5.74) is 0.748. The summed E-state index contributed by atoms with van der Waals surface area (Å²) in [7, 11) is 1.50. The van der Waals surface area contributed by atoms with Gasteiger partial charge in [-0.15, -0.1) is 0 Å². The number of halogens is 1. The number of aryl methyl sites for hydroxylation is 1. The molecule has 1 aromatic rings. The van der Waals surface area contributed by atoms with Gasteiger partial charge in [-0.1, -0.05) is 26.0 Å². The van der Waals surface area contributed by atoms with E-state index in [9.17, 15) is 4.39 Å². The second kappa shape index (κ2) is 8.09. The maximum Gasteiger partial charge on any atom is 0.168 e. The molecule has 2 nitrogen and oxygen atoms in total. The molecule has 1 N–H and O–H groups in total. The van der Waals surface area contributed by atoms with E-state index in [2.05, 4.69) is 19.2 Å². The van der Waals surface area contributed by atoms with Gasteiger partial charge in [-0.25, -0.2) is 4.39 Å². The van der Waals surface area contributed by atoms with Crippen LogP contribution in [-0.4, -0.2) is 20.2 Å². The molecule has 102 valence electrons. The highest BCUT2D eigenvalue weighted by Crippen LogP contribution is 2.21. The normalized spacial score (nSPS) is 10.9. The summed E-state index contributed by atoms with van der Waals surface area (Å²) < 4.78 is 18.8. The minimum Gasteiger partial charge on any atom is -0.494 e. The van der Waals surface area contributed by atoms with Crippen molar-refractivity contribution in [2.24, 2.45) is 5.92 Å². The fraction of sp³-hybridized carbons (Fsp3) is 0.600. The Morgan fingerprint density at radius 1 is 1.28 bits per heavy atom. The molecule has 0 radical (unpaired) electrons. The number of ether oxygens (including phenoxy) is 1. The monoisotopic (exact) mass is 253 g/mol. The predicted molar refractivity (Wildman–Crippen MR) is 73.6 cm³/mol. The number of methoxy groups -OCH3 is 1. The van der Waals surface area contributed by atoms with E-state index in [1.165, 1.54) is 7.11 Å². The van der Waals surface area contributed by atoms with Crippen molar-refractivity contribution < 1.29 is 9.13 Å². The van der Waals surface area contributed by atoms with Crippen LogP contribution < -0.4 is 10.1 Å². The van der Waals surface area contributed by atoms with Gasteiger partial charge in [0.05, 0.1) is 7.11 Å². The van der Waals surface area contributed by atoms with E-state index < -0.39 is 0 Å². The lowest BCUT2D eigenvalue weighted by Gasteiger charge is -2.08. The Morgan fingerprint density at radius 3 is 2.72 bits per heavy atom. The van der Waals surface area contributed by atoms with Crippen LogP contribution in [0.25, 0.3) is 0 Å². The largest absolute Gasteiger partial charge is 0.494 e. The standard InChI is InChI=1S/C15H24FNO/c1-12(2)11-17-10-5-4-7-13-8-6-9-14(18-3)15(13)16/h6,8-9,12,17H,4-5,7,10-11H2,1-3H3. The van der Waals surface area contributed by atoms with Gasteiger partial charge in [0, 0.05) is 0 Å². The average molecular weight is 253 g/mol. The number of hydrogen-bond donors (Lipinski definition) is 1. The van der Waals surface area contributed by atoms with Gasteiger partial charge in [0.15, 0.2) is 11.6 Å². The molecule has 0 amide bonds. The molecular formula is C15H24FNO. The molecular weight excluding hydrogens is 229 g/mol. The average Bonchev–Trinajstić information content (AvgIpc) is 2.35. The van der Waals surface area contributed by atoms with Gasteiger partial charge in [0.2, 0.25) is 0 Å². The van der Waals surface area contributed by atoms with Crippen LogP contribution in [0.4, 0.5) is 4.39 Å². The minimum atomic E-state index is -0.213. The quantitative estimate of drug-likeness (QED) is 0.717. The second-order valence-electron chi connectivity index (χ2n) is 4.99. The maximum absolute atomic E-state index is 13.8. The highest BCUT2D eigenvalue weighted by atomic mass is 19.1. The highest BCUT2D eigenvalue weighted by Gasteiger charge is 2.07. The summed E-state index contributed by atoms with van der Waals surface area (Å²) in [4.78, 5) is 0. The van der Waals surface area contributed by atoms with Crippen LogP contribution in [0, 0.1) is 11.7 Å². The summed E-state index contributed by atoms with van der Waals surface area (Å²) in [6.45, 7) is 6.44. The lowest BCUT2D eigenvalue weighted by Crippen LogP contribution is -2.20. The number of hydrogen-bond acceptors (Lipinski definition) is 2. The molecule has 18 heavy (non-hydrogen) atoms. The van der Waals surface area contributed by atoms with E-state index in [4.69, 9.17) is 4.74 Å². The summed E-state index contributed by atoms with van der Waals surface area (Å²) in [5, 5.41) is 3.39. The van der Waals surface area contributed by atoms with Crippen molar-refractivity contribution in [1.82, 2.24) is 5.32 Å². The van der Waals surface area contributed by atoms with Crippen LogP contribution in [0.3, 0.4) is 0 Å². The Hall–Kier alpha value is -1.09. The molecule has 0 aliphatic rings. The molecule has 0 spiro atoms. The Bertz CT molecular complexity index is 352. The molecule has 0 saturated heterocycles. The maximum atomic E-state index is 13.8. The van der Waals surface area contributed by atoms with E-state index in [1.54, 1.807) is 6.07 Å². The molecule has 3 heteroatoms. The van der Waals surface area contributed by atoms with Crippen LogP contribution >= 0.6 is 0 Å². The molecule has 0 aromatic heterocycles. The van der Waals surface area contributed by atoms with Gasteiger partial charge >= 0.3 is 0 Å². The van der Waals surface area contributed by atoms with Gasteiger partial charge in [0.1, 0.15) is 0 Å². The van der Waals surface area contributed by atoms with E-state index in [1.807, 2.05) is 12.1 Å². The summed E-state index contributed by atoms with van der Waals surface area (Å²) in [6.07, 6.45) is 2.84. The fourth-order valence-corrected chi connectivity index (χ4v) is 1.86. The zero-order valence-electron chi connectivity index (χ0n) is 11.6. The molecule has 0 aliphatic heterocycles. The summed E-state index contributed by atoms with van der Waals surface area (Å²) in [6, 6.07) is 5.33. The van der Waals surface area contributed by atoms with Crippen molar-refractivity contribution in [2.45, 2.75) is 33.1 Å². The van der Waals surface area contributed by atoms with E-state index >= 15 is 0 Å². The third-order valence-corrected chi connectivity index (χ3v) is 2.87. The van der Waals surface area contributed by atoms with Gasteiger partial charge < -0.3 is 10.1 Å². The number of unbranched alkanes of at least 4 members (excludes halogenated alkanes) is 1. The minimum absolute atomic E-state index is 0.213. The van der Waals surface area contributed by atoms with Crippen molar-refractivity contribution in [3.63, 3.8) is 0 Å². The highest BCUT2D eigenvalue weighted by molar-refractivity contribution is 5.31. The molecule has 0 heterocycles. The SMILES string of the molecule is COc1cccc(CCCCNCC(C)C)c1F. The zero-order valence-corrected chi connectivity index (χ0v) is 11.6. The van der Waals surface area contributed by atoms with Gasteiger partial charge in [-0.2, -0.15) is 0 Å². The van der Waals surface area contributed by atoms with Crippen LogP contribution in [0.15, 0.2) is 18.2 Å². The fourth-order valence-electron chi connectivity index (χ4n) is 1.86. The predicted octanol–water partition coefficient (Wildman–Crippen LogP) is 3.40. The van der Waals surface area contributed by atoms with E-state index in [0.717, 1.165) is 37.9 Å². The molecule has 0 unspecified atom stereocenters. The Labute approximate surface area is 110 Å².